The van der Waals surface area contributed by atoms with Gasteiger partial charge in [-0.1, -0.05) is 31.2 Å². The molecule has 0 saturated heterocycles. The molecule has 1 atom stereocenters. The van der Waals surface area contributed by atoms with Crippen LogP contribution in [0.3, 0.4) is 0 Å². The van der Waals surface area contributed by atoms with Crippen LogP contribution in [0.1, 0.15) is 31.0 Å². The Morgan fingerprint density at radius 1 is 1.33 bits per heavy atom. The van der Waals surface area contributed by atoms with Crippen LogP contribution in [0.2, 0.25) is 0 Å². The van der Waals surface area contributed by atoms with Gasteiger partial charge in [-0.2, -0.15) is 5.48 Å². The van der Waals surface area contributed by atoms with Crippen molar-refractivity contribution in [1.82, 2.24) is 5.48 Å². The van der Waals surface area contributed by atoms with Gasteiger partial charge in [-0.25, -0.2) is 0 Å². The van der Waals surface area contributed by atoms with Gasteiger partial charge in [0.25, 0.3) is 0 Å². The fraction of sp³-hybridized carbons (Fsp3) is 0.400. The number of rotatable bonds is 3. The molecule has 0 aliphatic rings. The summed E-state index contributed by atoms with van der Waals surface area (Å²) in [6.07, 6.45) is 1.06. The van der Waals surface area contributed by atoms with Crippen LogP contribution in [-0.2, 0) is 6.42 Å². The molecule has 0 aliphatic heterocycles. The van der Waals surface area contributed by atoms with Gasteiger partial charge in [-0.3, -0.25) is 0 Å². The molecular formula is C10H15NO. The summed E-state index contributed by atoms with van der Waals surface area (Å²) in [7, 11) is 0. The average Bonchev–Trinajstić information content (AvgIpc) is 2.17. The lowest BCUT2D eigenvalue weighted by atomic mass is 10.1. The Labute approximate surface area is 73.2 Å². The topological polar surface area (TPSA) is 32.3 Å². The molecule has 0 aliphatic carbocycles. The first kappa shape index (κ1) is 9.23. The summed E-state index contributed by atoms with van der Waals surface area (Å²) in [5, 5.41) is 8.66. The van der Waals surface area contributed by atoms with Gasteiger partial charge >= 0.3 is 0 Å². The third-order valence-corrected chi connectivity index (χ3v) is 2.08. The van der Waals surface area contributed by atoms with Gasteiger partial charge in [0.05, 0.1) is 6.04 Å². The molecular weight excluding hydrogens is 150 g/mol. The van der Waals surface area contributed by atoms with E-state index in [1.807, 2.05) is 19.1 Å². The third kappa shape index (κ3) is 2.06. The summed E-state index contributed by atoms with van der Waals surface area (Å²) >= 11 is 0. The fourth-order valence-electron chi connectivity index (χ4n) is 1.12. The maximum atomic E-state index is 8.66. The van der Waals surface area contributed by atoms with Gasteiger partial charge in [-0.15, -0.1) is 0 Å². The second-order valence-electron chi connectivity index (χ2n) is 2.95. The van der Waals surface area contributed by atoms with Crippen molar-refractivity contribution in [3.05, 3.63) is 35.4 Å². The van der Waals surface area contributed by atoms with Crippen LogP contribution < -0.4 is 5.48 Å². The van der Waals surface area contributed by atoms with Gasteiger partial charge in [0, 0.05) is 0 Å². The van der Waals surface area contributed by atoms with E-state index in [1.165, 1.54) is 5.56 Å². The van der Waals surface area contributed by atoms with E-state index in [0.717, 1.165) is 12.0 Å². The first-order chi connectivity index (χ1) is 5.77. The van der Waals surface area contributed by atoms with E-state index in [1.54, 1.807) is 0 Å². The highest BCUT2D eigenvalue weighted by Gasteiger charge is 2.01. The average molecular weight is 165 g/mol. The summed E-state index contributed by atoms with van der Waals surface area (Å²) in [5.41, 5.74) is 4.65. The van der Waals surface area contributed by atoms with Gasteiger partial charge in [0.1, 0.15) is 0 Å². The molecule has 12 heavy (non-hydrogen) atoms. The van der Waals surface area contributed by atoms with Crippen LogP contribution in [0.5, 0.6) is 0 Å². The van der Waals surface area contributed by atoms with E-state index in [4.69, 9.17) is 5.21 Å². The van der Waals surface area contributed by atoms with Crippen molar-refractivity contribution < 1.29 is 5.21 Å². The molecule has 0 radical (unpaired) electrons. The molecule has 66 valence electrons. The fourth-order valence-corrected chi connectivity index (χ4v) is 1.12. The molecule has 0 fully saturated rings. The number of benzene rings is 1. The van der Waals surface area contributed by atoms with Crippen molar-refractivity contribution in [3.63, 3.8) is 0 Å². The lowest BCUT2D eigenvalue weighted by Gasteiger charge is -2.09. The smallest absolute Gasteiger partial charge is 0.0540 e. The van der Waals surface area contributed by atoms with Crippen molar-refractivity contribution in [3.8, 4) is 0 Å². The lowest BCUT2D eigenvalue weighted by Crippen LogP contribution is -2.12. The summed E-state index contributed by atoms with van der Waals surface area (Å²) in [5.74, 6) is 0. The highest BCUT2D eigenvalue weighted by atomic mass is 16.5. The van der Waals surface area contributed by atoms with Gasteiger partial charge in [0.2, 0.25) is 0 Å². The highest BCUT2D eigenvalue weighted by Crippen LogP contribution is 2.12. The zero-order valence-electron chi connectivity index (χ0n) is 7.54. The summed E-state index contributed by atoms with van der Waals surface area (Å²) in [6.45, 7) is 4.05. The highest BCUT2D eigenvalue weighted by molar-refractivity contribution is 5.24. The summed E-state index contributed by atoms with van der Waals surface area (Å²) in [6, 6.07) is 8.25. The number of hydroxylamine groups is 1. The third-order valence-electron chi connectivity index (χ3n) is 2.08. The molecule has 1 aromatic rings. The molecule has 1 unspecified atom stereocenters. The molecule has 0 amide bonds. The van der Waals surface area contributed by atoms with Crippen LogP contribution in [0.15, 0.2) is 24.3 Å². The number of hydrogen-bond acceptors (Lipinski definition) is 2. The monoisotopic (exact) mass is 165 g/mol. The SMILES string of the molecule is CCc1ccc(C(C)NO)cc1. The Balaban J connectivity index is 2.77. The van der Waals surface area contributed by atoms with Crippen LogP contribution >= 0.6 is 0 Å². The van der Waals surface area contributed by atoms with E-state index in [9.17, 15) is 0 Å². The van der Waals surface area contributed by atoms with Crippen molar-refractivity contribution in [2.75, 3.05) is 0 Å². The van der Waals surface area contributed by atoms with E-state index in [-0.39, 0.29) is 6.04 Å². The second-order valence-corrected chi connectivity index (χ2v) is 2.95. The Hall–Kier alpha value is -0.860. The standard InChI is InChI=1S/C10H15NO/c1-3-9-4-6-10(7-5-9)8(2)11-12/h4-8,11-12H,3H2,1-2H3. The molecule has 0 bridgehead atoms. The minimum Gasteiger partial charge on any atom is -0.316 e. The number of aryl methyl sites for hydroxylation is 1. The second kappa shape index (κ2) is 4.24. The molecule has 2 nitrogen and oxygen atoms in total. The quantitative estimate of drug-likeness (QED) is 0.673. The Bertz CT molecular complexity index is 230. The first-order valence-electron chi connectivity index (χ1n) is 4.26. The minimum atomic E-state index is 0.0101. The lowest BCUT2D eigenvalue weighted by molar-refractivity contribution is 0.133. The largest absolute Gasteiger partial charge is 0.316 e. The van der Waals surface area contributed by atoms with Crippen LogP contribution in [0, 0.1) is 0 Å². The Morgan fingerprint density at radius 2 is 1.92 bits per heavy atom. The van der Waals surface area contributed by atoms with E-state index in [0.29, 0.717) is 0 Å². The van der Waals surface area contributed by atoms with Gasteiger partial charge in [-0.05, 0) is 24.5 Å². The predicted octanol–water partition coefficient (Wildman–Crippen LogP) is 2.29. The maximum absolute atomic E-state index is 8.66. The first-order valence-corrected chi connectivity index (χ1v) is 4.26. The molecule has 0 saturated carbocycles. The van der Waals surface area contributed by atoms with Gasteiger partial charge < -0.3 is 5.21 Å². The number of hydrogen-bond donors (Lipinski definition) is 2. The van der Waals surface area contributed by atoms with Crippen LogP contribution in [0.4, 0.5) is 0 Å². The van der Waals surface area contributed by atoms with Crippen molar-refractivity contribution in [2.24, 2.45) is 0 Å². The predicted molar refractivity (Wildman–Crippen MR) is 49.2 cm³/mol. The summed E-state index contributed by atoms with van der Waals surface area (Å²) in [4.78, 5) is 0. The molecule has 2 heteroatoms. The molecule has 1 rings (SSSR count). The van der Waals surface area contributed by atoms with Gasteiger partial charge in [0.15, 0.2) is 0 Å². The zero-order valence-corrected chi connectivity index (χ0v) is 7.54. The molecule has 1 aromatic carbocycles. The molecule has 2 N–H and O–H groups in total. The number of nitrogens with one attached hydrogen (secondary N) is 1. The normalized spacial score (nSPS) is 12.9. The molecule has 0 spiro atoms. The Morgan fingerprint density at radius 3 is 2.33 bits per heavy atom. The molecule has 0 aromatic heterocycles. The van der Waals surface area contributed by atoms with E-state index in [2.05, 4.69) is 24.5 Å². The molecule has 0 heterocycles. The maximum Gasteiger partial charge on any atom is 0.0540 e. The Kier molecular flexibility index (Phi) is 3.26. The van der Waals surface area contributed by atoms with Crippen molar-refractivity contribution in [1.29, 1.82) is 0 Å². The summed E-state index contributed by atoms with van der Waals surface area (Å²) < 4.78 is 0. The minimum absolute atomic E-state index is 0.0101. The van der Waals surface area contributed by atoms with Crippen molar-refractivity contribution >= 4 is 0 Å². The van der Waals surface area contributed by atoms with Crippen LogP contribution in [0.25, 0.3) is 0 Å². The van der Waals surface area contributed by atoms with E-state index < -0.39 is 0 Å². The van der Waals surface area contributed by atoms with Crippen molar-refractivity contribution in [2.45, 2.75) is 26.3 Å². The van der Waals surface area contributed by atoms with Crippen LogP contribution in [-0.4, -0.2) is 5.21 Å². The van der Waals surface area contributed by atoms with E-state index >= 15 is 0 Å². The zero-order chi connectivity index (χ0) is 8.97.